The summed E-state index contributed by atoms with van der Waals surface area (Å²) in [7, 11) is 1.70. The molecule has 1 aliphatic rings. The molecule has 1 amide bonds. The number of nitrogens with one attached hydrogen (secondary N) is 1. The number of para-hydroxylation sites is 1. The molecule has 2 rings (SSSR count). The molecule has 1 saturated heterocycles. The molecule has 0 radical (unpaired) electrons. The van der Waals surface area contributed by atoms with Crippen LogP contribution in [0.5, 0.6) is 0 Å². The van der Waals surface area contributed by atoms with Gasteiger partial charge in [0.2, 0.25) is 5.91 Å². The fourth-order valence-corrected chi connectivity index (χ4v) is 2.86. The first-order chi connectivity index (χ1) is 9.67. The van der Waals surface area contributed by atoms with Crippen LogP contribution in [0, 0.1) is 5.92 Å². The summed E-state index contributed by atoms with van der Waals surface area (Å²) in [6.45, 7) is 3.72. The van der Waals surface area contributed by atoms with Gasteiger partial charge in [-0.15, -0.1) is 0 Å². The Morgan fingerprint density at radius 2 is 2.05 bits per heavy atom. The molecule has 1 aromatic carbocycles. The van der Waals surface area contributed by atoms with E-state index in [1.54, 1.807) is 7.05 Å². The first-order valence-corrected chi connectivity index (χ1v) is 7.40. The van der Waals surface area contributed by atoms with Crippen molar-refractivity contribution in [3.63, 3.8) is 0 Å². The van der Waals surface area contributed by atoms with E-state index >= 15 is 0 Å². The van der Waals surface area contributed by atoms with Crippen molar-refractivity contribution in [2.24, 2.45) is 5.92 Å². The molecule has 0 spiro atoms. The largest absolute Gasteiger partial charge is 0.388 e. The van der Waals surface area contributed by atoms with Gasteiger partial charge in [-0.3, -0.25) is 4.79 Å². The number of hydrogen-bond donors (Lipinski definition) is 2. The number of benzene rings is 1. The van der Waals surface area contributed by atoms with Crippen molar-refractivity contribution >= 4 is 11.6 Å². The lowest BCUT2D eigenvalue weighted by atomic mass is 9.94. The number of anilines is 1. The Morgan fingerprint density at radius 1 is 1.40 bits per heavy atom. The van der Waals surface area contributed by atoms with E-state index in [2.05, 4.69) is 16.3 Å². The van der Waals surface area contributed by atoms with Crippen LogP contribution in [-0.4, -0.2) is 31.2 Å². The second-order valence-electron chi connectivity index (χ2n) is 5.36. The SMILES string of the molecule is CC[C@@H](O)c1ccccc1N1CCC(C(=O)NC)CC1. The molecule has 4 heteroatoms. The molecule has 0 aliphatic carbocycles. The van der Waals surface area contributed by atoms with Gasteiger partial charge in [-0.2, -0.15) is 0 Å². The number of piperidine rings is 1. The second kappa shape index (κ2) is 6.75. The van der Waals surface area contributed by atoms with E-state index in [0.29, 0.717) is 6.42 Å². The minimum atomic E-state index is -0.414. The summed E-state index contributed by atoms with van der Waals surface area (Å²) in [6.07, 6.45) is 2.04. The summed E-state index contributed by atoms with van der Waals surface area (Å²) in [5.74, 6) is 0.269. The number of carbonyl (C=O) groups is 1. The van der Waals surface area contributed by atoms with E-state index in [-0.39, 0.29) is 11.8 Å². The third-order valence-electron chi connectivity index (χ3n) is 4.14. The van der Waals surface area contributed by atoms with Gasteiger partial charge < -0.3 is 15.3 Å². The molecule has 1 atom stereocenters. The monoisotopic (exact) mass is 276 g/mol. The zero-order valence-corrected chi connectivity index (χ0v) is 12.3. The summed E-state index contributed by atoms with van der Waals surface area (Å²) >= 11 is 0. The zero-order chi connectivity index (χ0) is 14.5. The Hall–Kier alpha value is -1.55. The summed E-state index contributed by atoms with van der Waals surface area (Å²) in [4.78, 5) is 13.9. The van der Waals surface area contributed by atoms with Gasteiger partial charge in [-0.25, -0.2) is 0 Å². The lowest BCUT2D eigenvalue weighted by Gasteiger charge is -2.34. The van der Waals surface area contributed by atoms with Gasteiger partial charge in [0, 0.05) is 37.3 Å². The summed E-state index contributed by atoms with van der Waals surface area (Å²) in [5.41, 5.74) is 2.10. The van der Waals surface area contributed by atoms with Crippen molar-refractivity contribution in [3.8, 4) is 0 Å². The number of amides is 1. The number of hydrogen-bond acceptors (Lipinski definition) is 3. The van der Waals surface area contributed by atoms with E-state index in [0.717, 1.165) is 37.2 Å². The van der Waals surface area contributed by atoms with Crippen molar-refractivity contribution in [1.29, 1.82) is 0 Å². The highest BCUT2D eigenvalue weighted by atomic mass is 16.3. The van der Waals surface area contributed by atoms with Crippen LogP contribution in [0.25, 0.3) is 0 Å². The smallest absolute Gasteiger partial charge is 0.222 e. The minimum Gasteiger partial charge on any atom is -0.388 e. The van der Waals surface area contributed by atoms with E-state index < -0.39 is 6.10 Å². The molecule has 110 valence electrons. The van der Waals surface area contributed by atoms with Gasteiger partial charge in [0.25, 0.3) is 0 Å². The number of aliphatic hydroxyl groups excluding tert-OH is 1. The van der Waals surface area contributed by atoms with Gasteiger partial charge in [0.15, 0.2) is 0 Å². The zero-order valence-electron chi connectivity index (χ0n) is 12.3. The van der Waals surface area contributed by atoms with Crippen LogP contribution in [0.15, 0.2) is 24.3 Å². The van der Waals surface area contributed by atoms with Crippen LogP contribution in [-0.2, 0) is 4.79 Å². The molecule has 0 bridgehead atoms. The van der Waals surface area contributed by atoms with E-state index in [1.165, 1.54) is 0 Å². The highest BCUT2D eigenvalue weighted by molar-refractivity contribution is 5.78. The number of carbonyl (C=O) groups excluding carboxylic acids is 1. The standard InChI is InChI=1S/C16H24N2O2/c1-3-15(19)13-6-4-5-7-14(13)18-10-8-12(9-11-18)16(20)17-2/h4-7,12,15,19H,3,8-11H2,1-2H3,(H,17,20)/t15-/m1/s1. The Bertz CT molecular complexity index is 454. The maximum atomic E-state index is 11.7. The van der Waals surface area contributed by atoms with Crippen molar-refractivity contribution in [2.45, 2.75) is 32.3 Å². The van der Waals surface area contributed by atoms with Crippen LogP contribution < -0.4 is 10.2 Å². The molecule has 0 unspecified atom stereocenters. The molecule has 1 aromatic rings. The van der Waals surface area contributed by atoms with Crippen molar-refractivity contribution in [2.75, 3.05) is 25.0 Å². The van der Waals surface area contributed by atoms with Gasteiger partial charge >= 0.3 is 0 Å². The van der Waals surface area contributed by atoms with Gasteiger partial charge in [-0.05, 0) is 25.3 Å². The molecule has 20 heavy (non-hydrogen) atoms. The maximum Gasteiger partial charge on any atom is 0.222 e. The van der Waals surface area contributed by atoms with Gasteiger partial charge in [-0.1, -0.05) is 25.1 Å². The topological polar surface area (TPSA) is 52.6 Å². The quantitative estimate of drug-likeness (QED) is 0.885. The minimum absolute atomic E-state index is 0.125. The molecule has 1 fully saturated rings. The van der Waals surface area contributed by atoms with Crippen LogP contribution in [0.1, 0.15) is 37.9 Å². The van der Waals surface area contributed by atoms with E-state index in [4.69, 9.17) is 0 Å². The molecule has 0 aromatic heterocycles. The second-order valence-corrected chi connectivity index (χ2v) is 5.36. The molecule has 4 nitrogen and oxygen atoms in total. The Morgan fingerprint density at radius 3 is 2.65 bits per heavy atom. The fraction of sp³-hybridized carbons (Fsp3) is 0.562. The Labute approximate surface area is 120 Å². The molecular weight excluding hydrogens is 252 g/mol. The Kier molecular flexibility index (Phi) is 5.01. The number of nitrogens with zero attached hydrogens (tertiary/aromatic N) is 1. The molecular formula is C16H24N2O2. The van der Waals surface area contributed by atoms with Gasteiger partial charge in [0.05, 0.1) is 6.10 Å². The summed E-state index contributed by atoms with van der Waals surface area (Å²) in [5, 5.41) is 12.9. The van der Waals surface area contributed by atoms with Crippen LogP contribution in [0.4, 0.5) is 5.69 Å². The predicted octanol–water partition coefficient (Wildman–Crippen LogP) is 2.09. The number of aliphatic hydroxyl groups is 1. The van der Waals surface area contributed by atoms with Crippen LogP contribution in [0.3, 0.4) is 0 Å². The van der Waals surface area contributed by atoms with Gasteiger partial charge in [0.1, 0.15) is 0 Å². The number of rotatable bonds is 4. The summed E-state index contributed by atoms with van der Waals surface area (Å²) in [6, 6.07) is 8.03. The highest BCUT2D eigenvalue weighted by Gasteiger charge is 2.25. The third kappa shape index (κ3) is 3.12. The van der Waals surface area contributed by atoms with Crippen molar-refractivity contribution < 1.29 is 9.90 Å². The molecule has 2 N–H and O–H groups in total. The lowest BCUT2D eigenvalue weighted by molar-refractivity contribution is -0.125. The normalized spacial score (nSPS) is 17.9. The molecule has 1 heterocycles. The summed E-state index contributed by atoms with van der Waals surface area (Å²) < 4.78 is 0. The van der Waals surface area contributed by atoms with Crippen LogP contribution >= 0.6 is 0 Å². The maximum absolute atomic E-state index is 11.7. The Balaban J connectivity index is 2.09. The van der Waals surface area contributed by atoms with Crippen LogP contribution in [0.2, 0.25) is 0 Å². The van der Waals surface area contributed by atoms with E-state index in [1.807, 2.05) is 25.1 Å². The fourth-order valence-electron chi connectivity index (χ4n) is 2.86. The predicted molar refractivity (Wildman–Crippen MR) is 80.7 cm³/mol. The van der Waals surface area contributed by atoms with Crippen molar-refractivity contribution in [1.82, 2.24) is 5.32 Å². The molecule has 1 aliphatic heterocycles. The van der Waals surface area contributed by atoms with Crippen molar-refractivity contribution in [3.05, 3.63) is 29.8 Å². The lowest BCUT2D eigenvalue weighted by Crippen LogP contribution is -2.40. The first kappa shape index (κ1) is 14.9. The third-order valence-corrected chi connectivity index (χ3v) is 4.14. The molecule has 0 saturated carbocycles. The average molecular weight is 276 g/mol. The first-order valence-electron chi connectivity index (χ1n) is 7.40. The average Bonchev–Trinajstić information content (AvgIpc) is 2.53. The highest BCUT2D eigenvalue weighted by Crippen LogP contribution is 2.31. The van der Waals surface area contributed by atoms with E-state index in [9.17, 15) is 9.90 Å².